The fraction of sp³-hybridized carbons (Fsp3) is 0.607. The van der Waals surface area contributed by atoms with E-state index in [1.54, 1.807) is 36.4 Å². The minimum atomic E-state index is -4.95. The number of hydrogen-bond acceptors (Lipinski definition) is 4. The largest absolute Gasteiger partial charge is 1.00 e. The van der Waals surface area contributed by atoms with Crippen molar-refractivity contribution in [1.29, 1.82) is 0 Å². The van der Waals surface area contributed by atoms with Gasteiger partial charge >= 0.3 is 29.6 Å². The van der Waals surface area contributed by atoms with Gasteiger partial charge in [-0.25, -0.2) is 0 Å². The average molecular weight is 513 g/mol. The van der Waals surface area contributed by atoms with Crippen molar-refractivity contribution in [2.24, 2.45) is 0 Å². The summed E-state index contributed by atoms with van der Waals surface area (Å²) >= 11 is 0. The molecule has 0 aliphatic heterocycles. The van der Waals surface area contributed by atoms with Crippen LogP contribution in [-0.4, -0.2) is 18.9 Å². The van der Waals surface area contributed by atoms with Crippen LogP contribution in [0.4, 0.5) is 0 Å². The standard InChI is InChI=1S/C28H42O5S.Na/c1-2-3-4-5-6-7-8-9-10-11-12-13-14-17-23-28(27(29)30,34(31,32)33)26-22-18-20-24-19-15-16-21-25(24)26;/h15-16,18-22H,2-14,17,23H2,1H3,(H,29,30)(H,31,32,33);/q;+1/p-1. The van der Waals surface area contributed by atoms with Gasteiger partial charge in [0.1, 0.15) is 0 Å². The molecule has 190 valence electrons. The van der Waals surface area contributed by atoms with Crippen LogP contribution in [0, 0.1) is 0 Å². The van der Waals surface area contributed by atoms with Crippen molar-refractivity contribution in [3.63, 3.8) is 0 Å². The van der Waals surface area contributed by atoms with Crippen molar-refractivity contribution in [3.05, 3.63) is 48.0 Å². The minimum Gasteiger partial charge on any atom is -0.548 e. The van der Waals surface area contributed by atoms with E-state index in [1.807, 2.05) is 0 Å². The summed E-state index contributed by atoms with van der Waals surface area (Å²) in [7, 11) is -4.95. The molecule has 1 N–H and O–H groups in total. The molecule has 2 rings (SSSR count). The van der Waals surface area contributed by atoms with Crippen LogP contribution in [0.5, 0.6) is 0 Å². The number of carboxylic acids is 1. The summed E-state index contributed by atoms with van der Waals surface area (Å²) in [6.45, 7) is 2.24. The van der Waals surface area contributed by atoms with Crippen molar-refractivity contribution in [3.8, 4) is 0 Å². The van der Waals surface area contributed by atoms with Gasteiger partial charge in [-0.2, -0.15) is 8.42 Å². The number of carboxylic acid groups (broad SMARTS) is 1. The fourth-order valence-corrected chi connectivity index (χ4v) is 5.93. The monoisotopic (exact) mass is 512 g/mol. The number of hydrogen-bond donors (Lipinski definition) is 1. The number of rotatable bonds is 18. The quantitative estimate of drug-likeness (QED) is 0.187. The smallest absolute Gasteiger partial charge is 0.548 e. The predicted molar refractivity (Wildman–Crippen MR) is 137 cm³/mol. The number of carbonyl (C=O) groups is 1. The Morgan fingerprint density at radius 3 is 1.71 bits per heavy atom. The Kier molecular flexibility index (Phi) is 15.4. The summed E-state index contributed by atoms with van der Waals surface area (Å²) in [6.07, 6.45) is 15.7. The summed E-state index contributed by atoms with van der Waals surface area (Å²) < 4.78 is 32.5. The molecular formula is C28H41NaO5S. The Hall–Kier alpha value is -0.920. The number of aliphatic carboxylic acids is 1. The molecule has 0 heterocycles. The molecule has 0 spiro atoms. The van der Waals surface area contributed by atoms with E-state index in [0.717, 1.165) is 24.6 Å². The maximum Gasteiger partial charge on any atom is 1.00 e. The first-order chi connectivity index (χ1) is 16.3. The van der Waals surface area contributed by atoms with E-state index < -0.39 is 20.8 Å². The Bertz CT molecular complexity index is 987. The van der Waals surface area contributed by atoms with Gasteiger partial charge in [0.15, 0.2) is 4.75 Å². The van der Waals surface area contributed by atoms with E-state index in [1.165, 1.54) is 63.9 Å². The molecule has 0 fully saturated rings. The molecule has 0 saturated heterocycles. The van der Waals surface area contributed by atoms with Crippen LogP contribution in [0.3, 0.4) is 0 Å². The molecule has 0 saturated carbocycles. The van der Waals surface area contributed by atoms with Crippen molar-refractivity contribution in [1.82, 2.24) is 0 Å². The molecule has 0 radical (unpaired) electrons. The fourth-order valence-electron chi connectivity index (χ4n) is 4.87. The maximum absolute atomic E-state index is 12.4. The Morgan fingerprint density at radius 1 is 0.771 bits per heavy atom. The predicted octanol–water partition coefficient (Wildman–Crippen LogP) is 3.55. The van der Waals surface area contributed by atoms with E-state index >= 15 is 0 Å². The van der Waals surface area contributed by atoms with E-state index in [0.29, 0.717) is 18.2 Å². The summed E-state index contributed by atoms with van der Waals surface area (Å²) in [5.41, 5.74) is 0.0720. The maximum atomic E-state index is 12.4. The topological polar surface area (TPSA) is 94.5 Å². The van der Waals surface area contributed by atoms with Crippen LogP contribution in [0.2, 0.25) is 0 Å². The van der Waals surface area contributed by atoms with Gasteiger partial charge in [-0.3, -0.25) is 4.55 Å². The second-order valence-corrected chi connectivity index (χ2v) is 11.1. The molecule has 0 aromatic heterocycles. The molecule has 0 amide bonds. The molecule has 0 aliphatic rings. The number of unbranched alkanes of at least 4 members (excludes halogenated alkanes) is 13. The molecule has 0 aliphatic carbocycles. The summed E-state index contributed by atoms with van der Waals surface area (Å²) in [5, 5.41) is 13.4. The van der Waals surface area contributed by atoms with Crippen LogP contribution in [0.15, 0.2) is 42.5 Å². The number of benzene rings is 2. The van der Waals surface area contributed by atoms with Gasteiger partial charge in [-0.1, -0.05) is 139 Å². The van der Waals surface area contributed by atoms with Crippen LogP contribution in [0.1, 0.15) is 109 Å². The zero-order chi connectivity index (χ0) is 24.9. The molecule has 5 nitrogen and oxygen atoms in total. The van der Waals surface area contributed by atoms with Crippen LogP contribution >= 0.6 is 0 Å². The summed E-state index contributed by atoms with van der Waals surface area (Å²) in [5.74, 6) is -1.78. The van der Waals surface area contributed by atoms with Crippen molar-refractivity contribution in [2.75, 3.05) is 0 Å². The average Bonchev–Trinajstić information content (AvgIpc) is 2.80. The molecular weight excluding hydrogens is 471 g/mol. The first-order valence-corrected chi connectivity index (χ1v) is 14.5. The number of carbonyl (C=O) groups excluding carboxylic acids is 1. The van der Waals surface area contributed by atoms with Gasteiger partial charge in [0.25, 0.3) is 10.1 Å². The van der Waals surface area contributed by atoms with E-state index in [-0.39, 0.29) is 41.5 Å². The Morgan fingerprint density at radius 2 is 1.23 bits per heavy atom. The summed E-state index contributed by atoms with van der Waals surface area (Å²) in [6, 6.07) is 11.9. The molecule has 2 aromatic carbocycles. The third kappa shape index (κ3) is 9.47. The third-order valence-electron chi connectivity index (χ3n) is 6.88. The molecule has 7 heteroatoms. The second kappa shape index (κ2) is 16.8. The molecule has 35 heavy (non-hydrogen) atoms. The number of fused-ring (bicyclic) bond motifs is 1. The molecule has 1 unspecified atom stereocenters. The van der Waals surface area contributed by atoms with E-state index in [9.17, 15) is 22.9 Å². The van der Waals surface area contributed by atoms with Crippen LogP contribution < -0.4 is 34.7 Å². The van der Waals surface area contributed by atoms with Crippen molar-refractivity contribution >= 4 is 26.9 Å². The van der Waals surface area contributed by atoms with Crippen molar-refractivity contribution in [2.45, 2.75) is 108 Å². The van der Waals surface area contributed by atoms with E-state index in [4.69, 9.17) is 0 Å². The van der Waals surface area contributed by atoms with Gasteiger partial charge in [0.05, 0.1) is 5.97 Å². The van der Waals surface area contributed by atoms with Crippen LogP contribution in [0.25, 0.3) is 10.8 Å². The molecule has 2 aromatic rings. The van der Waals surface area contributed by atoms with Crippen molar-refractivity contribution < 1.29 is 52.4 Å². The normalized spacial score (nSPS) is 13.3. The minimum absolute atomic E-state index is 0. The Balaban J connectivity index is 0.00000612. The third-order valence-corrected chi connectivity index (χ3v) is 8.35. The van der Waals surface area contributed by atoms with Gasteiger partial charge in [0, 0.05) is 0 Å². The van der Waals surface area contributed by atoms with Gasteiger partial charge < -0.3 is 9.90 Å². The summed E-state index contributed by atoms with van der Waals surface area (Å²) in [4.78, 5) is 12.2. The van der Waals surface area contributed by atoms with Gasteiger partial charge in [-0.05, 0) is 22.8 Å². The zero-order valence-electron chi connectivity index (χ0n) is 21.6. The zero-order valence-corrected chi connectivity index (χ0v) is 24.5. The molecule has 1 atom stereocenters. The first kappa shape index (κ1) is 32.1. The van der Waals surface area contributed by atoms with Gasteiger partial charge in [0.2, 0.25) is 0 Å². The molecule has 0 bridgehead atoms. The first-order valence-electron chi connectivity index (χ1n) is 13.0. The SMILES string of the molecule is CCCCCCCCCCCCCCCCC(C(=O)[O-])(c1cccc2ccccc12)S(=O)(=O)O.[Na+]. The van der Waals surface area contributed by atoms with Crippen LogP contribution in [-0.2, 0) is 19.7 Å². The Labute approximate surface area is 234 Å². The van der Waals surface area contributed by atoms with Gasteiger partial charge in [-0.15, -0.1) is 0 Å². The van der Waals surface area contributed by atoms with E-state index in [2.05, 4.69) is 6.92 Å². The second-order valence-electron chi connectivity index (χ2n) is 9.46.